The number of anilines is 1. The van der Waals surface area contributed by atoms with Crippen LogP contribution in [0.25, 0.3) is 0 Å². The summed E-state index contributed by atoms with van der Waals surface area (Å²) >= 11 is 3.32. The minimum Gasteiger partial charge on any atom is -0.280 e. The van der Waals surface area contributed by atoms with Crippen molar-refractivity contribution in [2.24, 2.45) is 0 Å². The Labute approximate surface area is 126 Å². The summed E-state index contributed by atoms with van der Waals surface area (Å²) in [6.07, 6.45) is 0. The molecule has 0 aromatic heterocycles. The fourth-order valence-electron chi connectivity index (χ4n) is 1.71. The van der Waals surface area contributed by atoms with Crippen molar-refractivity contribution < 1.29 is 12.8 Å². The lowest BCUT2D eigenvalue weighted by molar-refractivity contribution is 0.600. The van der Waals surface area contributed by atoms with Gasteiger partial charge in [0.15, 0.2) is 0 Å². The van der Waals surface area contributed by atoms with Crippen molar-refractivity contribution in [3.8, 4) is 0 Å². The Balaban J connectivity index is 2.35. The molecule has 0 amide bonds. The van der Waals surface area contributed by atoms with Crippen LogP contribution in [-0.2, 0) is 10.0 Å². The Morgan fingerprint density at radius 2 is 1.75 bits per heavy atom. The molecule has 0 bridgehead atoms. The van der Waals surface area contributed by atoms with Gasteiger partial charge in [0.2, 0.25) is 0 Å². The van der Waals surface area contributed by atoms with Crippen LogP contribution >= 0.6 is 15.9 Å². The predicted molar refractivity (Wildman–Crippen MR) is 80.8 cm³/mol. The van der Waals surface area contributed by atoms with Crippen LogP contribution in [0.3, 0.4) is 0 Å². The zero-order valence-electron chi connectivity index (χ0n) is 10.9. The molecule has 6 heteroatoms. The van der Waals surface area contributed by atoms with E-state index in [9.17, 15) is 12.8 Å². The van der Waals surface area contributed by atoms with Crippen LogP contribution in [0.1, 0.15) is 11.1 Å². The maximum absolute atomic E-state index is 13.2. The van der Waals surface area contributed by atoms with Gasteiger partial charge in [0.05, 0.1) is 4.90 Å². The molecule has 0 saturated carbocycles. The zero-order chi connectivity index (χ0) is 14.9. The van der Waals surface area contributed by atoms with E-state index < -0.39 is 10.0 Å². The van der Waals surface area contributed by atoms with Gasteiger partial charge < -0.3 is 0 Å². The maximum Gasteiger partial charge on any atom is 0.261 e. The Kier molecular flexibility index (Phi) is 4.15. The molecule has 2 aromatic rings. The van der Waals surface area contributed by atoms with Crippen LogP contribution in [0.15, 0.2) is 45.8 Å². The molecule has 0 aliphatic heterocycles. The molecular weight excluding hydrogens is 345 g/mol. The molecule has 0 unspecified atom stereocenters. The number of nitrogens with one attached hydrogen (secondary N) is 1. The Bertz CT molecular complexity index is 760. The molecule has 0 saturated heterocycles. The average molecular weight is 358 g/mol. The van der Waals surface area contributed by atoms with E-state index in [1.165, 1.54) is 24.3 Å². The average Bonchev–Trinajstić information content (AvgIpc) is 2.37. The normalized spacial score (nSPS) is 11.4. The van der Waals surface area contributed by atoms with Crippen LogP contribution in [0.5, 0.6) is 0 Å². The molecule has 0 aliphatic rings. The molecule has 0 spiro atoms. The van der Waals surface area contributed by atoms with Crippen molar-refractivity contribution >= 4 is 31.6 Å². The topological polar surface area (TPSA) is 46.2 Å². The van der Waals surface area contributed by atoms with Gasteiger partial charge in [-0.1, -0.05) is 15.9 Å². The smallest absolute Gasteiger partial charge is 0.261 e. The van der Waals surface area contributed by atoms with E-state index in [0.29, 0.717) is 11.3 Å². The van der Waals surface area contributed by atoms with Crippen molar-refractivity contribution in [2.75, 3.05) is 4.72 Å². The summed E-state index contributed by atoms with van der Waals surface area (Å²) in [5.41, 5.74) is 1.55. The molecule has 2 rings (SSSR count). The standard InChI is InChI=1S/C14H13BrFNO2S/c1-9-8-12(4-5-13(9)15)20(18,19)17-11-3-6-14(16)10(2)7-11/h3-8,17H,1-2H3. The van der Waals surface area contributed by atoms with Gasteiger partial charge in [-0.3, -0.25) is 4.72 Å². The minimum absolute atomic E-state index is 0.167. The van der Waals surface area contributed by atoms with Gasteiger partial charge in [0.25, 0.3) is 10.0 Å². The van der Waals surface area contributed by atoms with E-state index >= 15 is 0 Å². The second-order valence-corrected chi connectivity index (χ2v) is 7.02. The molecule has 2 aromatic carbocycles. The maximum atomic E-state index is 13.2. The first-order valence-corrected chi connectivity index (χ1v) is 8.12. The second-order valence-electron chi connectivity index (χ2n) is 4.48. The summed E-state index contributed by atoms with van der Waals surface area (Å²) in [7, 11) is -3.68. The third-order valence-corrected chi connectivity index (χ3v) is 5.12. The number of hydrogen-bond donors (Lipinski definition) is 1. The summed E-state index contributed by atoms with van der Waals surface area (Å²) in [5.74, 6) is -0.368. The lowest BCUT2D eigenvalue weighted by Crippen LogP contribution is -2.13. The van der Waals surface area contributed by atoms with E-state index in [4.69, 9.17) is 0 Å². The zero-order valence-corrected chi connectivity index (χ0v) is 13.3. The summed E-state index contributed by atoms with van der Waals surface area (Å²) in [6.45, 7) is 3.39. The van der Waals surface area contributed by atoms with Crippen molar-refractivity contribution in [2.45, 2.75) is 18.7 Å². The third-order valence-electron chi connectivity index (χ3n) is 2.85. The van der Waals surface area contributed by atoms with E-state index in [-0.39, 0.29) is 10.7 Å². The summed E-state index contributed by atoms with van der Waals surface area (Å²) in [6, 6.07) is 8.85. The van der Waals surface area contributed by atoms with Gasteiger partial charge in [0.1, 0.15) is 5.82 Å². The molecule has 0 fully saturated rings. The predicted octanol–water partition coefficient (Wildman–Crippen LogP) is 4.01. The molecular formula is C14H13BrFNO2S. The Hall–Kier alpha value is -1.40. The third kappa shape index (κ3) is 3.19. The van der Waals surface area contributed by atoms with Gasteiger partial charge in [-0.15, -0.1) is 0 Å². The van der Waals surface area contributed by atoms with Crippen LogP contribution < -0.4 is 4.72 Å². The quantitative estimate of drug-likeness (QED) is 0.901. The molecule has 0 radical (unpaired) electrons. The minimum atomic E-state index is -3.68. The largest absolute Gasteiger partial charge is 0.280 e. The molecule has 3 nitrogen and oxygen atoms in total. The van der Waals surface area contributed by atoms with Gasteiger partial charge in [0, 0.05) is 10.2 Å². The molecule has 0 atom stereocenters. The Morgan fingerprint density at radius 1 is 1.05 bits per heavy atom. The first-order valence-electron chi connectivity index (χ1n) is 5.85. The van der Waals surface area contributed by atoms with Crippen molar-refractivity contribution in [3.63, 3.8) is 0 Å². The summed E-state index contributed by atoms with van der Waals surface area (Å²) in [5, 5.41) is 0. The molecule has 106 valence electrons. The van der Waals surface area contributed by atoms with Crippen LogP contribution in [0.4, 0.5) is 10.1 Å². The van der Waals surface area contributed by atoms with Gasteiger partial charge in [-0.2, -0.15) is 0 Å². The highest BCUT2D eigenvalue weighted by atomic mass is 79.9. The van der Waals surface area contributed by atoms with Crippen molar-refractivity contribution in [1.29, 1.82) is 0 Å². The molecule has 0 aliphatic carbocycles. The van der Waals surface area contributed by atoms with Crippen LogP contribution in [0.2, 0.25) is 0 Å². The van der Waals surface area contributed by atoms with Gasteiger partial charge >= 0.3 is 0 Å². The van der Waals surface area contributed by atoms with Gasteiger partial charge in [-0.05, 0) is 61.4 Å². The highest BCUT2D eigenvalue weighted by Gasteiger charge is 2.15. The second kappa shape index (κ2) is 5.54. The van der Waals surface area contributed by atoms with Gasteiger partial charge in [-0.25, -0.2) is 12.8 Å². The van der Waals surface area contributed by atoms with Crippen molar-refractivity contribution in [3.05, 3.63) is 57.8 Å². The number of rotatable bonds is 3. The lowest BCUT2D eigenvalue weighted by atomic mass is 10.2. The number of halogens is 2. The van der Waals surface area contributed by atoms with E-state index in [1.807, 2.05) is 6.92 Å². The van der Waals surface area contributed by atoms with Crippen LogP contribution in [0, 0.1) is 19.7 Å². The molecule has 20 heavy (non-hydrogen) atoms. The summed E-state index contributed by atoms with van der Waals surface area (Å²) in [4.78, 5) is 0.167. The number of hydrogen-bond acceptors (Lipinski definition) is 2. The summed E-state index contributed by atoms with van der Waals surface area (Å²) < 4.78 is 40.9. The molecule has 1 N–H and O–H groups in total. The monoisotopic (exact) mass is 357 g/mol. The SMILES string of the molecule is Cc1cc(NS(=O)(=O)c2ccc(Br)c(C)c2)ccc1F. The number of aryl methyl sites for hydroxylation is 2. The lowest BCUT2D eigenvalue weighted by Gasteiger charge is -2.10. The number of benzene rings is 2. The van der Waals surface area contributed by atoms with Crippen molar-refractivity contribution in [1.82, 2.24) is 0 Å². The molecule has 0 heterocycles. The highest BCUT2D eigenvalue weighted by Crippen LogP contribution is 2.22. The van der Waals surface area contributed by atoms with Crippen LogP contribution in [-0.4, -0.2) is 8.42 Å². The first kappa shape index (κ1) is 15.0. The fraction of sp³-hybridized carbons (Fsp3) is 0.143. The van der Waals surface area contributed by atoms with E-state index in [2.05, 4.69) is 20.7 Å². The Morgan fingerprint density at radius 3 is 2.35 bits per heavy atom. The van der Waals surface area contributed by atoms with E-state index in [0.717, 1.165) is 10.0 Å². The highest BCUT2D eigenvalue weighted by molar-refractivity contribution is 9.10. The van der Waals surface area contributed by atoms with E-state index in [1.54, 1.807) is 19.1 Å². The number of sulfonamides is 1. The first-order chi connectivity index (χ1) is 9.29. The fourth-order valence-corrected chi connectivity index (χ4v) is 3.09.